The second-order valence-electron chi connectivity index (χ2n) is 11.7. The van der Waals surface area contributed by atoms with E-state index in [1.165, 1.54) is 35.6 Å². The Morgan fingerprint density at radius 1 is 0.977 bits per heavy atom. The van der Waals surface area contributed by atoms with Gasteiger partial charge in [0.1, 0.15) is 42.9 Å². The lowest BCUT2D eigenvalue weighted by atomic mass is 10.1. The molecule has 0 bridgehead atoms. The molecule has 3 saturated heterocycles. The van der Waals surface area contributed by atoms with Gasteiger partial charge >= 0.3 is 12.1 Å². The Morgan fingerprint density at radius 3 is 2.37 bits per heavy atom. The van der Waals surface area contributed by atoms with E-state index in [4.69, 9.17) is 9.47 Å². The number of nitrogens with zero attached hydrogens (tertiary/aromatic N) is 3. The number of esters is 1. The lowest BCUT2D eigenvalue weighted by Crippen LogP contribution is -2.60. The molecule has 3 heterocycles. The van der Waals surface area contributed by atoms with Crippen molar-refractivity contribution in [1.82, 2.24) is 25.3 Å². The first-order valence-electron chi connectivity index (χ1n) is 14.7. The van der Waals surface area contributed by atoms with Crippen LogP contribution >= 0.6 is 0 Å². The maximum absolute atomic E-state index is 14.0. The average molecular weight is 600 g/mol. The molecule has 7 atom stereocenters. The quantitative estimate of drug-likeness (QED) is 0.484. The molecular weight excluding hydrogens is 558 g/mol. The van der Waals surface area contributed by atoms with Crippen molar-refractivity contribution >= 4 is 35.7 Å². The van der Waals surface area contributed by atoms with Crippen LogP contribution in [0.25, 0.3) is 0 Å². The maximum Gasteiger partial charge on any atom is 0.408 e. The Balaban J connectivity index is 1.64. The van der Waals surface area contributed by atoms with Gasteiger partial charge in [-0.05, 0) is 51.5 Å². The highest BCUT2D eigenvalue weighted by Gasteiger charge is 2.46. The van der Waals surface area contributed by atoms with Crippen LogP contribution in [-0.4, -0.2) is 107 Å². The normalized spacial score (nSPS) is 30.9. The largest absolute Gasteiger partial charge is 0.458 e. The van der Waals surface area contributed by atoms with Crippen molar-refractivity contribution in [2.75, 3.05) is 20.1 Å². The van der Waals surface area contributed by atoms with Crippen LogP contribution < -0.4 is 10.6 Å². The number of likely N-dealkylation sites (N-methyl/N-ethyl adjacent to an activating group) is 1. The Kier molecular flexibility index (Phi) is 9.92. The molecule has 13 heteroatoms. The molecule has 3 aliphatic heterocycles. The van der Waals surface area contributed by atoms with Crippen molar-refractivity contribution in [2.45, 2.75) is 89.9 Å². The Morgan fingerprint density at radius 2 is 1.67 bits per heavy atom. The van der Waals surface area contributed by atoms with Gasteiger partial charge in [0.15, 0.2) is 0 Å². The molecule has 0 radical (unpaired) electrons. The molecule has 3 fully saturated rings. The lowest BCUT2D eigenvalue weighted by Gasteiger charge is -2.35. The van der Waals surface area contributed by atoms with Crippen molar-refractivity contribution in [3.05, 3.63) is 35.9 Å². The van der Waals surface area contributed by atoms with Gasteiger partial charge in [-0.3, -0.25) is 19.2 Å². The van der Waals surface area contributed by atoms with E-state index >= 15 is 0 Å². The van der Waals surface area contributed by atoms with Gasteiger partial charge in [0, 0.05) is 20.1 Å². The summed E-state index contributed by atoms with van der Waals surface area (Å²) in [4.78, 5) is 84.3. The lowest BCUT2D eigenvalue weighted by molar-refractivity contribution is -0.162. The van der Waals surface area contributed by atoms with Gasteiger partial charge in [-0.1, -0.05) is 37.3 Å². The fourth-order valence-corrected chi connectivity index (χ4v) is 5.83. The third-order valence-corrected chi connectivity index (χ3v) is 8.45. The number of benzene rings is 1. The first-order chi connectivity index (χ1) is 20.4. The number of ether oxygens (including phenoxy) is 2. The van der Waals surface area contributed by atoms with Crippen molar-refractivity contribution in [3.63, 3.8) is 0 Å². The monoisotopic (exact) mass is 599 g/mol. The number of carbonyl (C=O) groups excluding carboxylic acids is 6. The highest BCUT2D eigenvalue weighted by molar-refractivity contribution is 5.96. The number of fused-ring (bicyclic) bond motifs is 2. The van der Waals surface area contributed by atoms with Gasteiger partial charge in [-0.15, -0.1) is 0 Å². The topological polar surface area (TPSA) is 155 Å². The van der Waals surface area contributed by atoms with Crippen LogP contribution in [0.2, 0.25) is 0 Å². The maximum atomic E-state index is 14.0. The molecular formula is C30H41N5O8. The van der Waals surface area contributed by atoms with E-state index < -0.39 is 72.0 Å². The minimum atomic E-state index is -1.37. The number of alkyl carbamates (subject to hydrolysis) is 1. The van der Waals surface area contributed by atoms with Crippen LogP contribution in [0.15, 0.2) is 30.3 Å². The van der Waals surface area contributed by atoms with Gasteiger partial charge in [-0.25, -0.2) is 9.59 Å². The summed E-state index contributed by atoms with van der Waals surface area (Å²) in [6.07, 6.45) is -0.840. The van der Waals surface area contributed by atoms with E-state index in [0.717, 1.165) is 5.56 Å². The number of hydrogen-bond acceptors (Lipinski definition) is 8. The summed E-state index contributed by atoms with van der Waals surface area (Å²) in [5, 5.41) is 5.22. The number of nitrogens with one attached hydrogen (secondary N) is 2. The van der Waals surface area contributed by atoms with Crippen molar-refractivity contribution < 1.29 is 38.2 Å². The molecule has 0 spiro atoms. The number of carbonyl (C=O) groups is 6. The van der Waals surface area contributed by atoms with Crippen LogP contribution in [0.4, 0.5) is 4.79 Å². The fraction of sp³-hybridized carbons (Fsp3) is 0.600. The standard InChI is InChI=1S/C30H41N5O8/c1-17-14-23-29(40)43-20(4)24(32-30(41)42-16-21-10-7-6-8-11-21)28(39)34-13-9-12-22(34)27(38)33(5)19(3)25(36)31-18(2)26(37)35(23)15-17/h6-8,10-11,17-20,22-24H,9,12-16H2,1-5H3,(H,31,36)(H,32,41)/t17-,18-,19-,20-,22-,23-,24-/m0/s1. The third-order valence-electron chi connectivity index (χ3n) is 8.45. The number of amides is 5. The molecule has 43 heavy (non-hydrogen) atoms. The fourth-order valence-electron chi connectivity index (χ4n) is 5.83. The highest BCUT2D eigenvalue weighted by atomic mass is 16.6. The molecule has 234 valence electrons. The predicted molar refractivity (Wildman–Crippen MR) is 153 cm³/mol. The van der Waals surface area contributed by atoms with E-state index in [1.54, 1.807) is 31.2 Å². The summed E-state index contributed by atoms with van der Waals surface area (Å²) in [7, 11) is 1.47. The van der Waals surface area contributed by atoms with Crippen molar-refractivity contribution in [2.24, 2.45) is 5.92 Å². The predicted octanol–water partition coefficient (Wildman–Crippen LogP) is 0.806. The van der Waals surface area contributed by atoms with E-state index in [9.17, 15) is 28.8 Å². The highest BCUT2D eigenvalue weighted by Crippen LogP contribution is 2.27. The summed E-state index contributed by atoms with van der Waals surface area (Å²) in [6.45, 7) is 6.92. The zero-order chi connectivity index (χ0) is 31.4. The Bertz CT molecular complexity index is 1240. The van der Waals surface area contributed by atoms with Crippen LogP contribution in [0.5, 0.6) is 0 Å². The number of rotatable bonds is 3. The molecule has 0 unspecified atom stereocenters. The van der Waals surface area contributed by atoms with Crippen LogP contribution in [0.3, 0.4) is 0 Å². The van der Waals surface area contributed by atoms with E-state index in [-0.39, 0.29) is 25.6 Å². The van der Waals surface area contributed by atoms with E-state index in [2.05, 4.69) is 10.6 Å². The Labute approximate surface area is 251 Å². The SMILES string of the molecule is C[C@H]1C[C@H]2C(=O)O[C@@H](C)[C@H](NC(=O)OCc3ccccc3)C(=O)N3CCC[C@H]3C(=O)N(C)[C@@H](C)C(=O)N[C@@H](C)C(=O)N2C1. The smallest absolute Gasteiger partial charge is 0.408 e. The molecule has 1 aromatic carbocycles. The molecule has 2 N–H and O–H groups in total. The zero-order valence-electron chi connectivity index (χ0n) is 25.3. The molecule has 0 aliphatic carbocycles. The van der Waals surface area contributed by atoms with Crippen LogP contribution in [-0.2, 0) is 40.1 Å². The first kappa shape index (κ1) is 31.8. The van der Waals surface area contributed by atoms with E-state index in [1.807, 2.05) is 13.0 Å². The summed E-state index contributed by atoms with van der Waals surface area (Å²) in [5.74, 6) is -2.82. The van der Waals surface area contributed by atoms with Gasteiger partial charge in [0.05, 0.1) is 0 Å². The minimum absolute atomic E-state index is 0.0154. The molecule has 0 saturated carbocycles. The van der Waals surface area contributed by atoms with Gasteiger partial charge < -0.3 is 34.8 Å². The summed E-state index contributed by atoms with van der Waals surface area (Å²) in [5.41, 5.74) is 0.738. The molecule has 0 aromatic heterocycles. The van der Waals surface area contributed by atoms with Gasteiger partial charge in [0.25, 0.3) is 0 Å². The molecule has 3 aliphatic rings. The third kappa shape index (κ3) is 7.08. The van der Waals surface area contributed by atoms with Crippen molar-refractivity contribution in [1.29, 1.82) is 0 Å². The Hall–Kier alpha value is -4.16. The second kappa shape index (κ2) is 13.4. The number of hydrogen-bond donors (Lipinski definition) is 2. The van der Waals surface area contributed by atoms with Crippen LogP contribution in [0, 0.1) is 5.92 Å². The minimum Gasteiger partial charge on any atom is -0.458 e. The summed E-state index contributed by atoms with van der Waals surface area (Å²) < 4.78 is 11.1. The van der Waals surface area contributed by atoms with Gasteiger partial charge in [-0.2, -0.15) is 0 Å². The molecule has 4 rings (SSSR count). The van der Waals surface area contributed by atoms with Gasteiger partial charge in [0.2, 0.25) is 23.6 Å². The molecule has 1 aromatic rings. The first-order valence-corrected chi connectivity index (χ1v) is 14.7. The summed E-state index contributed by atoms with van der Waals surface area (Å²) >= 11 is 0. The average Bonchev–Trinajstić information content (AvgIpc) is 3.64. The van der Waals surface area contributed by atoms with Crippen LogP contribution in [0.1, 0.15) is 52.5 Å². The molecule has 13 nitrogen and oxygen atoms in total. The number of cyclic esters (lactones) is 1. The molecule has 5 amide bonds. The van der Waals surface area contributed by atoms with Crippen molar-refractivity contribution in [3.8, 4) is 0 Å². The van der Waals surface area contributed by atoms with E-state index in [0.29, 0.717) is 19.3 Å². The second-order valence-corrected chi connectivity index (χ2v) is 11.7. The summed E-state index contributed by atoms with van der Waals surface area (Å²) in [6, 6.07) is 3.90. The zero-order valence-corrected chi connectivity index (χ0v) is 25.3.